The lowest BCUT2D eigenvalue weighted by Crippen LogP contribution is -2.34. The van der Waals surface area contributed by atoms with E-state index in [1.807, 2.05) is 5.06 Å². The van der Waals surface area contributed by atoms with Crippen molar-refractivity contribution in [1.29, 1.82) is 0 Å². The Morgan fingerprint density at radius 2 is 2.08 bits per heavy atom. The van der Waals surface area contributed by atoms with Gasteiger partial charge in [-0.05, 0) is 37.7 Å². The Morgan fingerprint density at radius 1 is 1.42 bits per heavy atom. The molecule has 3 heteroatoms. The summed E-state index contributed by atoms with van der Waals surface area (Å²) in [6, 6.07) is 0.605. The van der Waals surface area contributed by atoms with Crippen LogP contribution >= 0.6 is 11.8 Å². The summed E-state index contributed by atoms with van der Waals surface area (Å²) in [7, 11) is 2.06. The summed E-state index contributed by atoms with van der Waals surface area (Å²) in [6.07, 6.45) is 3.71. The summed E-state index contributed by atoms with van der Waals surface area (Å²) in [6.45, 7) is 2.25. The van der Waals surface area contributed by atoms with Crippen LogP contribution in [0.15, 0.2) is 0 Å². The van der Waals surface area contributed by atoms with E-state index >= 15 is 0 Å². The second-order valence-electron chi connectivity index (χ2n) is 3.99. The van der Waals surface area contributed by atoms with E-state index in [2.05, 4.69) is 25.7 Å². The van der Waals surface area contributed by atoms with Crippen molar-refractivity contribution in [3.63, 3.8) is 0 Å². The largest absolute Gasteiger partial charge is 0.292 e. The van der Waals surface area contributed by atoms with Crippen LogP contribution in [0.1, 0.15) is 26.2 Å². The van der Waals surface area contributed by atoms with Gasteiger partial charge in [0.15, 0.2) is 0 Å². The average molecular weight is 187 g/mol. The lowest BCUT2D eigenvalue weighted by Gasteiger charge is -2.31. The molecule has 1 spiro atoms. The lowest BCUT2D eigenvalue weighted by atomic mass is 9.91. The van der Waals surface area contributed by atoms with Gasteiger partial charge >= 0.3 is 0 Å². The molecule has 2 saturated heterocycles. The average Bonchev–Trinajstić information content (AvgIpc) is 2.29. The van der Waals surface area contributed by atoms with E-state index in [1.165, 1.54) is 30.8 Å². The van der Waals surface area contributed by atoms with Crippen molar-refractivity contribution in [3.05, 3.63) is 0 Å². The monoisotopic (exact) mass is 187 g/mol. The Labute approximate surface area is 78.6 Å². The Kier molecular flexibility index (Phi) is 2.36. The molecule has 0 N–H and O–H groups in total. The molecule has 1 unspecified atom stereocenters. The van der Waals surface area contributed by atoms with Crippen LogP contribution in [0.2, 0.25) is 0 Å². The summed E-state index contributed by atoms with van der Waals surface area (Å²) in [5.74, 6) is 2.56. The molecule has 0 aromatic carbocycles. The van der Waals surface area contributed by atoms with Crippen LogP contribution in [0.4, 0.5) is 0 Å². The van der Waals surface area contributed by atoms with Crippen LogP contribution in [-0.4, -0.2) is 35.3 Å². The molecule has 2 aliphatic rings. The Morgan fingerprint density at radius 3 is 2.58 bits per heavy atom. The summed E-state index contributed by atoms with van der Waals surface area (Å²) in [4.78, 5) is 5.92. The second kappa shape index (κ2) is 3.20. The van der Waals surface area contributed by atoms with Gasteiger partial charge in [0.2, 0.25) is 0 Å². The zero-order valence-electron chi connectivity index (χ0n) is 7.88. The highest BCUT2D eigenvalue weighted by atomic mass is 32.2. The molecule has 0 aromatic rings. The molecule has 0 saturated carbocycles. The van der Waals surface area contributed by atoms with E-state index in [1.54, 1.807) is 0 Å². The molecule has 2 aliphatic heterocycles. The molecule has 2 heterocycles. The Hall–Kier alpha value is 0.270. The van der Waals surface area contributed by atoms with Crippen LogP contribution in [0.25, 0.3) is 0 Å². The van der Waals surface area contributed by atoms with Crippen molar-refractivity contribution in [2.75, 3.05) is 18.6 Å². The molecule has 0 bridgehead atoms. The lowest BCUT2D eigenvalue weighted by molar-refractivity contribution is -0.190. The smallest absolute Gasteiger partial charge is 0.0931 e. The van der Waals surface area contributed by atoms with Gasteiger partial charge in [-0.25, -0.2) is 0 Å². The van der Waals surface area contributed by atoms with Crippen LogP contribution < -0.4 is 0 Å². The van der Waals surface area contributed by atoms with E-state index in [-0.39, 0.29) is 5.60 Å². The molecule has 70 valence electrons. The molecular formula is C9H17NOS. The SMILES string of the molecule is CC1CC2(CCSCC2)ON1C. The fraction of sp³-hybridized carbons (Fsp3) is 1.00. The van der Waals surface area contributed by atoms with Gasteiger partial charge in [0, 0.05) is 13.1 Å². The number of hydrogen-bond donors (Lipinski definition) is 0. The fourth-order valence-corrected chi connectivity index (χ4v) is 3.38. The van der Waals surface area contributed by atoms with E-state index in [0.717, 1.165) is 0 Å². The van der Waals surface area contributed by atoms with Gasteiger partial charge in [-0.15, -0.1) is 0 Å². The fourth-order valence-electron chi connectivity index (χ4n) is 2.14. The number of hydroxylamine groups is 2. The van der Waals surface area contributed by atoms with E-state index < -0.39 is 0 Å². The maximum Gasteiger partial charge on any atom is 0.0931 e. The first-order chi connectivity index (χ1) is 5.72. The van der Waals surface area contributed by atoms with Crippen LogP contribution in [-0.2, 0) is 4.84 Å². The molecule has 1 atom stereocenters. The Bertz CT molecular complexity index is 156. The third-order valence-electron chi connectivity index (χ3n) is 3.03. The number of nitrogens with zero attached hydrogens (tertiary/aromatic N) is 1. The van der Waals surface area contributed by atoms with E-state index in [0.29, 0.717) is 6.04 Å². The summed E-state index contributed by atoms with van der Waals surface area (Å²) in [5, 5.41) is 2.04. The minimum Gasteiger partial charge on any atom is -0.292 e. The quantitative estimate of drug-likeness (QED) is 0.575. The van der Waals surface area contributed by atoms with Crippen molar-refractivity contribution in [1.82, 2.24) is 5.06 Å². The summed E-state index contributed by atoms with van der Waals surface area (Å²) in [5.41, 5.74) is 0.222. The molecular weight excluding hydrogens is 170 g/mol. The first-order valence-corrected chi connectivity index (χ1v) is 5.87. The first kappa shape index (κ1) is 8.85. The number of hydrogen-bond acceptors (Lipinski definition) is 3. The minimum atomic E-state index is 0.222. The molecule has 0 aliphatic carbocycles. The molecule has 0 aromatic heterocycles. The van der Waals surface area contributed by atoms with E-state index in [4.69, 9.17) is 4.84 Å². The van der Waals surface area contributed by atoms with Crippen molar-refractivity contribution < 1.29 is 4.84 Å². The highest BCUT2D eigenvalue weighted by molar-refractivity contribution is 7.99. The van der Waals surface area contributed by atoms with Crippen molar-refractivity contribution in [2.45, 2.75) is 37.8 Å². The van der Waals surface area contributed by atoms with Crippen LogP contribution in [0.3, 0.4) is 0 Å². The summed E-state index contributed by atoms with van der Waals surface area (Å²) < 4.78 is 0. The highest BCUT2D eigenvalue weighted by Gasteiger charge is 2.43. The van der Waals surface area contributed by atoms with Crippen molar-refractivity contribution >= 4 is 11.8 Å². The van der Waals surface area contributed by atoms with Gasteiger partial charge in [-0.1, -0.05) is 0 Å². The third kappa shape index (κ3) is 1.50. The zero-order chi connectivity index (χ0) is 8.60. The standard InChI is InChI=1S/C9H17NOS/c1-8-7-9(11-10(8)2)3-5-12-6-4-9/h8H,3-7H2,1-2H3. The topological polar surface area (TPSA) is 12.5 Å². The van der Waals surface area contributed by atoms with Gasteiger partial charge < -0.3 is 0 Å². The van der Waals surface area contributed by atoms with Crippen molar-refractivity contribution in [2.24, 2.45) is 0 Å². The first-order valence-electron chi connectivity index (χ1n) is 4.72. The van der Waals surface area contributed by atoms with Crippen LogP contribution in [0, 0.1) is 0 Å². The van der Waals surface area contributed by atoms with Gasteiger partial charge in [-0.3, -0.25) is 4.84 Å². The van der Waals surface area contributed by atoms with Gasteiger partial charge in [-0.2, -0.15) is 16.8 Å². The normalized spacial score (nSPS) is 36.0. The van der Waals surface area contributed by atoms with Crippen molar-refractivity contribution in [3.8, 4) is 0 Å². The maximum atomic E-state index is 5.92. The van der Waals surface area contributed by atoms with E-state index in [9.17, 15) is 0 Å². The predicted octanol–water partition coefficient (Wildman–Crippen LogP) is 1.91. The van der Waals surface area contributed by atoms with Crippen LogP contribution in [0.5, 0.6) is 0 Å². The zero-order valence-corrected chi connectivity index (χ0v) is 8.69. The third-order valence-corrected chi connectivity index (χ3v) is 4.02. The second-order valence-corrected chi connectivity index (χ2v) is 5.21. The highest BCUT2D eigenvalue weighted by Crippen LogP contribution is 2.40. The van der Waals surface area contributed by atoms with Gasteiger partial charge in [0.1, 0.15) is 0 Å². The maximum absolute atomic E-state index is 5.92. The molecule has 2 rings (SSSR count). The number of rotatable bonds is 0. The molecule has 2 nitrogen and oxygen atoms in total. The molecule has 0 radical (unpaired) electrons. The Balaban J connectivity index is 2.02. The minimum absolute atomic E-state index is 0.222. The molecule has 12 heavy (non-hydrogen) atoms. The predicted molar refractivity (Wildman–Crippen MR) is 52.2 cm³/mol. The number of thioether (sulfide) groups is 1. The molecule has 2 fully saturated rings. The summed E-state index contributed by atoms with van der Waals surface area (Å²) >= 11 is 2.06. The van der Waals surface area contributed by atoms with Gasteiger partial charge in [0.05, 0.1) is 5.60 Å². The van der Waals surface area contributed by atoms with Gasteiger partial charge in [0.25, 0.3) is 0 Å². The molecule has 0 amide bonds.